The second-order valence-corrected chi connectivity index (χ2v) is 13.6. The van der Waals surface area contributed by atoms with Crippen molar-refractivity contribution in [1.29, 1.82) is 0 Å². The number of hydrogen-bond donors (Lipinski definition) is 3. The molecule has 1 unspecified atom stereocenters. The van der Waals surface area contributed by atoms with Crippen LogP contribution in [0.3, 0.4) is 0 Å². The third-order valence-electron chi connectivity index (χ3n) is 8.16. The summed E-state index contributed by atoms with van der Waals surface area (Å²) in [4.78, 5) is 38.9. The third-order valence-corrected chi connectivity index (χ3v) is 9.25. The minimum Gasteiger partial charge on any atom is -0.343 e. The number of rotatable bonds is 6. The number of fused-ring (bicyclic) bond motifs is 1. The molecule has 5 rings (SSSR count). The first-order chi connectivity index (χ1) is 19.9. The number of sulfone groups is 1. The van der Waals surface area contributed by atoms with Crippen LogP contribution in [-0.2, 0) is 14.6 Å². The van der Waals surface area contributed by atoms with Crippen molar-refractivity contribution in [2.75, 3.05) is 53.9 Å². The normalized spacial score (nSPS) is 19.4. The number of hydrogen-bond acceptors (Lipinski definition) is 9. The smallest absolute Gasteiger partial charge is 0.318 e. The van der Waals surface area contributed by atoms with E-state index in [9.17, 15) is 18.0 Å². The van der Waals surface area contributed by atoms with E-state index in [1.54, 1.807) is 19.3 Å². The Morgan fingerprint density at radius 1 is 1.10 bits per heavy atom. The molecule has 12 nitrogen and oxygen atoms in total. The zero-order chi connectivity index (χ0) is 30.6. The van der Waals surface area contributed by atoms with Gasteiger partial charge in [0.05, 0.1) is 17.6 Å². The fourth-order valence-electron chi connectivity index (χ4n) is 5.78. The highest BCUT2D eigenvalue weighted by molar-refractivity contribution is 7.90. The zero-order valence-electron chi connectivity index (χ0n) is 25.5. The van der Waals surface area contributed by atoms with Crippen molar-refractivity contribution in [3.8, 4) is 0 Å². The molecule has 2 fully saturated rings. The Morgan fingerprint density at radius 3 is 2.38 bits per heavy atom. The molecule has 13 heteroatoms. The second kappa shape index (κ2) is 13.2. The molecular weight excluding hydrogens is 556 g/mol. The molecule has 3 N–H and O–H groups in total. The second-order valence-electron chi connectivity index (χ2n) is 11.6. The maximum atomic E-state index is 12.2. The molecule has 3 aliphatic rings. The minimum absolute atomic E-state index is 0. The van der Waals surface area contributed by atoms with E-state index < -0.39 is 15.9 Å². The molecule has 3 amide bonds. The Balaban J connectivity index is 0.000000610. The lowest BCUT2D eigenvalue weighted by Gasteiger charge is -2.36. The summed E-state index contributed by atoms with van der Waals surface area (Å²) >= 11 is 0. The monoisotopic (exact) mass is 606 g/mol. The molecule has 236 valence electrons. The molecule has 2 aromatic rings. The van der Waals surface area contributed by atoms with Gasteiger partial charge in [-0.25, -0.2) is 18.2 Å². The van der Waals surface area contributed by atoms with E-state index >= 15 is 0 Å². The SMILES string of the molecule is CC1CCCN1C1CCCC1.CNC(=O)Nc1cc(Nc2ncc3c(n2)N(C(C)C)CC(=O)N3C)cc(S(C)(=O)=O)c1.[HH].[HH].[HH]. The van der Waals surface area contributed by atoms with Gasteiger partial charge in [-0.2, -0.15) is 4.98 Å². The largest absolute Gasteiger partial charge is 0.343 e. The first-order valence-electron chi connectivity index (χ1n) is 14.6. The molecule has 1 saturated carbocycles. The quantitative estimate of drug-likeness (QED) is 0.426. The summed E-state index contributed by atoms with van der Waals surface area (Å²) in [5.41, 5.74) is 1.25. The number of nitrogens with one attached hydrogen (secondary N) is 3. The van der Waals surface area contributed by atoms with Gasteiger partial charge < -0.3 is 25.8 Å². The van der Waals surface area contributed by atoms with Gasteiger partial charge in [-0.05, 0) is 71.2 Å². The Hall–Kier alpha value is -3.45. The molecule has 42 heavy (non-hydrogen) atoms. The van der Waals surface area contributed by atoms with Crippen LogP contribution < -0.4 is 25.8 Å². The van der Waals surface area contributed by atoms with Crippen molar-refractivity contribution in [2.24, 2.45) is 0 Å². The molecule has 1 aromatic carbocycles. The van der Waals surface area contributed by atoms with Crippen molar-refractivity contribution in [1.82, 2.24) is 20.2 Å². The van der Waals surface area contributed by atoms with Crippen LogP contribution >= 0.6 is 0 Å². The molecule has 0 radical (unpaired) electrons. The van der Waals surface area contributed by atoms with Gasteiger partial charge in [0.25, 0.3) is 0 Å². The zero-order valence-corrected chi connectivity index (χ0v) is 26.3. The number of anilines is 5. The van der Waals surface area contributed by atoms with Gasteiger partial charge in [0.1, 0.15) is 5.69 Å². The summed E-state index contributed by atoms with van der Waals surface area (Å²) in [5, 5.41) is 7.98. The van der Waals surface area contributed by atoms with Crippen LogP contribution in [0.4, 0.5) is 33.6 Å². The van der Waals surface area contributed by atoms with E-state index in [0.717, 1.165) is 18.3 Å². The summed E-state index contributed by atoms with van der Waals surface area (Å²) in [5.74, 6) is 0.762. The topological polar surface area (TPSA) is 140 Å². The summed E-state index contributed by atoms with van der Waals surface area (Å²) < 4.78 is 24.2. The van der Waals surface area contributed by atoms with Crippen LogP contribution in [0.5, 0.6) is 0 Å². The summed E-state index contributed by atoms with van der Waals surface area (Å²) in [7, 11) is -0.411. The first-order valence-corrected chi connectivity index (χ1v) is 16.5. The van der Waals surface area contributed by atoms with Gasteiger partial charge in [-0.1, -0.05) is 12.8 Å². The molecular formula is C29H50N8O4S. The number of carbonyl (C=O) groups excluding carboxylic acids is 2. The highest BCUT2D eigenvalue weighted by Crippen LogP contribution is 2.33. The molecule has 3 heterocycles. The van der Waals surface area contributed by atoms with Crippen LogP contribution in [0.15, 0.2) is 29.3 Å². The van der Waals surface area contributed by atoms with Crippen molar-refractivity contribution in [3.63, 3.8) is 0 Å². The van der Waals surface area contributed by atoms with Gasteiger partial charge in [0.2, 0.25) is 11.9 Å². The molecule has 0 spiro atoms. The molecule has 0 bridgehead atoms. The van der Waals surface area contributed by atoms with Gasteiger partial charge in [-0.15, -0.1) is 0 Å². The predicted octanol–water partition coefficient (Wildman–Crippen LogP) is 4.72. The van der Waals surface area contributed by atoms with Crippen molar-refractivity contribution in [2.45, 2.75) is 82.3 Å². The maximum absolute atomic E-state index is 12.2. The van der Waals surface area contributed by atoms with E-state index in [1.807, 2.05) is 18.7 Å². The fourth-order valence-corrected chi connectivity index (χ4v) is 6.46. The average Bonchev–Trinajstić information content (AvgIpc) is 3.62. The Bertz CT molecular complexity index is 1410. The summed E-state index contributed by atoms with van der Waals surface area (Å²) in [6, 6.07) is 5.78. The summed E-state index contributed by atoms with van der Waals surface area (Å²) in [6.45, 7) is 7.90. The highest BCUT2D eigenvalue weighted by atomic mass is 32.2. The Kier molecular flexibility index (Phi) is 9.93. The van der Waals surface area contributed by atoms with Crippen LogP contribution in [-0.4, -0.2) is 86.8 Å². The number of carbonyl (C=O) groups is 2. The van der Waals surface area contributed by atoms with Gasteiger partial charge in [0.15, 0.2) is 15.7 Å². The number of benzene rings is 1. The Morgan fingerprint density at radius 2 is 1.79 bits per heavy atom. The van der Waals surface area contributed by atoms with E-state index in [-0.39, 0.29) is 39.3 Å². The number of urea groups is 1. The standard InChI is InChI=1S/C19H25N7O4S.C10H19N.3H2/c1-11(2)26-10-16(27)25(4)15-9-21-18(24-17(15)26)22-12-6-13(23-19(28)20-3)8-14(7-12)31(5,29)30;1-9-5-4-8-11(9)10-6-2-3-7-10;;;/h6-9,11H,10H2,1-5H3,(H2,20,23,28)(H,21,22,24);9-10H,2-8H2,1H3;3*1H. The summed E-state index contributed by atoms with van der Waals surface area (Å²) in [6.07, 6.45) is 11.4. The number of amides is 3. The molecule has 1 atom stereocenters. The fraction of sp³-hybridized carbons (Fsp3) is 0.586. The van der Waals surface area contributed by atoms with Crippen LogP contribution in [0.25, 0.3) is 0 Å². The predicted molar refractivity (Wildman–Crippen MR) is 173 cm³/mol. The lowest BCUT2D eigenvalue weighted by Crippen LogP contribution is -2.47. The lowest BCUT2D eigenvalue weighted by molar-refractivity contribution is -0.117. The van der Waals surface area contributed by atoms with E-state index in [4.69, 9.17) is 0 Å². The van der Waals surface area contributed by atoms with Gasteiger partial charge >= 0.3 is 6.03 Å². The maximum Gasteiger partial charge on any atom is 0.318 e. The van der Waals surface area contributed by atoms with Gasteiger partial charge in [-0.3, -0.25) is 9.69 Å². The molecule has 2 aliphatic heterocycles. The number of likely N-dealkylation sites (tertiary alicyclic amines) is 1. The van der Waals surface area contributed by atoms with Crippen molar-refractivity contribution in [3.05, 3.63) is 24.4 Å². The Labute approximate surface area is 253 Å². The van der Waals surface area contributed by atoms with Crippen LogP contribution in [0.2, 0.25) is 0 Å². The molecule has 1 aromatic heterocycles. The number of aromatic nitrogens is 2. The van der Waals surface area contributed by atoms with Crippen molar-refractivity contribution >= 4 is 50.6 Å². The average molecular weight is 607 g/mol. The van der Waals surface area contributed by atoms with E-state index in [0.29, 0.717) is 17.2 Å². The number of nitrogens with zero attached hydrogens (tertiary/aromatic N) is 5. The third kappa shape index (κ3) is 7.49. The van der Waals surface area contributed by atoms with Gasteiger partial charge in [0, 0.05) is 54.1 Å². The van der Waals surface area contributed by atoms with E-state index in [2.05, 4.69) is 37.7 Å². The molecule has 1 saturated heterocycles. The highest BCUT2D eigenvalue weighted by Gasteiger charge is 2.31. The van der Waals surface area contributed by atoms with Crippen LogP contribution in [0, 0.1) is 0 Å². The lowest BCUT2D eigenvalue weighted by atomic mass is 10.2. The first kappa shape index (κ1) is 31.5. The van der Waals surface area contributed by atoms with Crippen molar-refractivity contribution < 1.29 is 22.3 Å². The molecule has 1 aliphatic carbocycles. The minimum atomic E-state index is -3.54. The van der Waals surface area contributed by atoms with Crippen LogP contribution in [0.1, 0.15) is 63.6 Å². The number of likely N-dealkylation sites (N-methyl/N-ethyl adjacent to an activating group) is 1. The van der Waals surface area contributed by atoms with E-state index in [1.165, 1.54) is 69.2 Å².